The van der Waals surface area contributed by atoms with Crippen molar-refractivity contribution < 1.29 is 16.9 Å². The van der Waals surface area contributed by atoms with Gasteiger partial charge in [0.25, 0.3) is 0 Å². The maximum absolute atomic E-state index is 2.33. The minimum Gasteiger partial charge on any atom is -1.00 e. The zero-order valence-corrected chi connectivity index (χ0v) is 11.9. The van der Waals surface area contributed by atoms with Crippen LogP contribution in [0.5, 0.6) is 0 Å². The molecule has 0 saturated carbocycles. The molecule has 0 aliphatic heterocycles. The van der Waals surface area contributed by atoms with Crippen LogP contribution in [0.25, 0.3) is 0 Å². The molecule has 0 spiro atoms. The Labute approximate surface area is 103 Å². The molecule has 0 aromatic carbocycles. The number of quaternary nitrogens is 1. The van der Waals surface area contributed by atoms with Crippen molar-refractivity contribution in [1.82, 2.24) is 0 Å². The van der Waals surface area contributed by atoms with E-state index in [2.05, 4.69) is 27.9 Å². The smallest absolute Gasteiger partial charge is 0.0782 e. The number of hydrogen-bond donors (Lipinski definition) is 0. The summed E-state index contributed by atoms with van der Waals surface area (Å²) in [5.41, 5.74) is 0. The molecule has 0 bridgehead atoms. The summed E-state index contributed by atoms with van der Waals surface area (Å²) < 4.78 is 1.19. The van der Waals surface area contributed by atoms with Crippen molar-refractivity contribution in [3.63, 3.8) is 0 Å². The third kappa shape index (κ3) is 12.2. The number of nitrogens with zero attached hydrogens (tertiary/aromatic N) is 1. The number of unbranched alkanes of at least 4 members (excludes halogenated alkanes) is 6. The Bertz CT molecular complexity index is 124. The molecule has 1 nitrogen and oxygen atoms in total. The first kappa shape index (κ1) is 17.6. The van der Waals surface area contributed by atoms with Crippen LogP contribution < -0.4 is 12.4 Å². The molecule has 0 heterocycles. The van der Waals surface area contributed by atoms with E-state index in [1.165, 1.54) is 62.5 Å². The van der Waals surface area contributed by atoms with Gasteiger partial charge in [-0.2, -0.15) is 0 Å². The Balaban J connectivity index is 0. The summed E-state index contributed by atoms with van der Waals surface area (Å²) in [6.45, 7) is 7.17. The van der Waals surface area contributed by atoms with E-state index in [1.54, 1.807) is 0 Å². The Morgan fingerprint density at radius 1 is 0.733 bits per heavy atom. The summed E-state index contributed by atoms with van der Waals surface area (Å²) in [6, 6.07) is 0. The maximum Gasteiger partial charge on any atom is 0.0782 e. The third-order valence-electron chi connectivity index (χ3n) is 3.22. The Kier molecular flexibility index (Phi) is 12.6. The molecule has 0 radical (unpaired) electrons. The molecule has 0 unspecified atom stereocenters. The second-order valence-electron chi connectivity index (χ2n) is 5.10. The largest absolute Gasteiger partial charge is 1.00 e. The van der Waals surface area contributed by atoms with Crippen molar-refractivity contribution in [3.8, 4) is 0 Å². The Morgan fingerprint density at radius 2 is 1.20 bits per heavy atom. The van der Waals surface area contributed by atoms with Crippen molar-refractivity contribution >= 4 is 0 Å². The van der Waals surface area contributed by atoms with Crippen molar-refractivity contribution in [2.45, 2.75) is 58.8 Å². The van der Waals surface area contributed by atoms with Crippen molar-refractivity contribution in [1.29, 1.82) is 0 Å². The molecule has 0 aliphatic carbocycles. The molecule has 94 valence electrons. The molecule has 2 heteroatoms. The van der Waals surface area contributed by atoms with Gasteiger partial charge in [0.2, 0.25) is 0 Å². The maximum atomic E-state index is 2.33. The van der Waals surface area contributed by atoms with Crippen LogP contribution in [0.4, 0.5) is 0 Å². The molecular formula is C13H30ClN. The van der Waals surface area contributed by atoms with Gasteiger partial charge in [0, 0.05) is 0 Å². The lowest BCUT2D eigenvalue weighted by atomic mass is 10.1. The monoisotopic (exact) mass is 235 g/mol. The van der Waals surface area contributed by atoms with Crippen molar-refractivity contribution in [2.24, 2.45) is 0 Å². The van der Waals surface area contributed by atoms with Gasteiger partial charge in [-0.1, -0.05) is 39.0 Å². The average molecular weight is 236 g/mol. The second-order valence-corrected chi connectivity index (χ2v) is 5.10. The Hall–Kier alpha value is 0.250. The van der Waals surface area contributed by atoms with E-state index < -0.39 is 0 Å². The lowest BCUT2D eigenvalue weighted by Crippen LogP contribution is -3.00. The lowest BCUT2D eigenvalue weighted by molar-refractivity contribution is -0.888. The van der Waals surface area contributed by atoms with Crippen molar-refractivity contribution in [2.75, 3.05) is 27.2 Å². The fourth-order valence-corrected chi connectivity index (χ4v) is 1.66. The predicted molar refractivity (Wildman–Crippen MR) is 65.5 cm³/mol. The molecular weight excluding hydrogens is 206 g/mol. The SMILES string of the molecule is CCCCCCCCC[N+](C)(C)CC.[Cl-]. The highest BCUT2D eigenvalue weighted by Crippen LogP contribution is 2.08. The van der Waals surface area contributed by atoms with E-state index in [1.807, 2.05) is 0 Å². The quantitative estimate of drug-likeness (QED) is 0.411. The molecule has 0 aromatic rings. The average Bonchev–Trinajstić information content (AvgIpc) is 2.16. The molecule has 15 heavy (non-hydrogen) atoms. The molecule has 0 rings (SSSR count). The summed E-state index contributed by atoms with van der Waals surface area (Å²) in [5.74, 6) is 0. The van der Waals surface area contributed by atoms with Gasteiger partial charge >= 0.3 is 0 Å². The number of hydrogen-bond acceptors (Lipinski definition) is 0. The van der Waals surface area contributed by atoms with Crippen molar-refractivity contribution in [3.05, 3.63) is 0 Å². The van der Waals surface area contributed by atoms with Crippen LogP contribution in [-0.2, 0) is 0 Å². The molecule has 0 fully saturated rings. The van der Waals surface area contributed by atoms with Gasteiger partial charge in [-0.05, 0) is 19.8 Å². The predicted octanol–water partition coefficient (Wildman–Crippen LogP) is 0.837. The minimum atomic E-state index is 0. The van der Waals surface area contributed by atoms with Gasteiger partial charge in [-0.3, -0.25) is 0 Å². The van der Waals surface area contributed by atoms with Gasteiger partial charge < -0.3 is 16.9 Å². The normalized spacial score (nSPS) is 11.2. The zero-order valence-electron chi connectivity index (χ0n) is 11.2. The molecule has 0 saturated heterocycles. The molecule has 0 atom stereocenters. The van der Waals surface area contributed by atoms with E-state index in [-0.39, 0.29) is 12.4 Å². The summed E-state index contributed by atoms with van der Waals surface area (Å²) in [4.78, 5) is 0. The standard InChI is InChI=1S/C13H30N.ClH/c1-5-7-8-9-10-11-12-13-14(3,4)6-2;/h5-13H2,1-4H3;1H/q+1;/p-1. The molecule has 0 aliphatic rings. The van der Waals surface area contributed by atoms with E-state index in [9.17, 15) is 0 Å². The highest BCUT2D eigenvalue weighted by atomic mass is 35.5. The van der Waals surface area contributed by atoms with Gasteiger partial charge in [0.1, 0.15) is 0 Å². The van der Waals surface area contributed by atoms with Crippen LogP contribution in [0, 0.1) is 0 Å². The molecule has 0 N–H and O–H groups in total. The summed E-state index contributed by atoms with van der Waals surface area (Å²) in [7, 11) is 4.66. The fraction of sp³-hybridized carbons (Fsp3) is 1.00. The summed E-state index contributed by atoms with van der Waals surface area (Å²) >= 11 is 0. The van der Waals surface area contributed by atoms with Gasteiger partial charge in [-0.15, -0.1) is 0 Å². The summed E-state index contributed by atoms with van der Waals surface area (Å²) in [5, 5.41) is 0. The van der Waals surface area contributed by atoms with E-state index >= 15 is 0 Å². The van der Waals surface area contributed by atoms with Crippen LogP contribution in [0.3, 0.4) is 0 Å². The highest BCUT2D eigenvalue weighted by Gasteiger charge is 2.09. The van der Waals surface area contributed by atoms with Crippen LogP contribution in [0.1, 0.15) is 58.8 Å². The van der Waals surface area contributed by atoms with Crippen LogP contribution >= 0.6 is 0 Å². The minimum absolute atomic E-state index is 0. The topological polar surface area (TPSA) is 0 Å². The van der Waals surface area contributed by atoms with E-state index in [4.69, 9.17) is 0 Å². The van der Waals surface area contributed by atoms with Gasteiger partial charge in [0.15, 0.2) is 0 Å². The number of rotatable bonds is 9. The Morgan fingerprint density at radius 3 is 1.67 bits per heavy atom. The highest BCUT2D eigenvalue weighted by molar-refractivity contribution is 4.44. The zero-order chi connectivity index (χ0) is 10.9. The van der Waals surface area contributed by atoms with Crippen LogP contribution in [0.2, 0.25) is 0 Å². The van der Waals surface area contributed by atoms with Gasteiger partial charge in [-0.25, -0.2) is 0 Å². The lowest BCUT2D eigenvalue weighted by Gasteiger charge is -2.28. The fourth-order valence-electron chi connectivity index (χ4n) is 1.66. The molecule has 0 aromatic heterocycles. The first-order valence-electron chi connectivity index (χ1n) is 6.44. The van der Waals surface area contributed by atoms with Crippen LogP contribution in [-0.4, -0.2) is 31.7 Å². The first-order chi connectivity index (χ1) is 6.62. The van der Waals surface area contributed by atoms with E-state index in [0.717, 1.165) is 0 Å². The van der Waals surface area contributed by atoms with Gasteiger partial charge in [0.05, 0.1) is 27.2 Å². The summed E-state index contributed by atoms with van der Waals surface area (Å²) in [6.07, 6.45) is 9.98. The third-order valence-corrected chi connectivity index (χ3v) is 3.22. The van der Waals surface area contributed by atoms with Crippen LogP contribution in [0.15, 0.2) is 0 Å². The number of halogens is 1. The van der Waals surface area contributed by atoms with E-state index in [0.29, 0.717) is 0 Å². The second kappa shape index (κ2) is 10.8. The molecule has 0 amide bonds. The first-order valence-corrected chi connectivity index (χ1v) is 6.44.